The normalized spacial score (nSPS) is 33.4. The van der Waals surface area contributed by atoms with Crippen molar-refractivity contribution >= 4 is 11.9 Å². The highest BCUT2D eigenvalue weighted by atomic mass is 16.4. The van der Waals surface area contributed by atoms with Gasteiger partial charge in [0.05, 0.1) is 74.9 Å². The zero-order valence-electron chi connectivity index (χ0n) is 14.3. The minimum absolute atomic E-state index is 0.629. The summed E-state index contributed by atoms with van der Waals surface area (Å²) in [5.74, 6) is -2.55. The van der Waals surface area contributed by atoms with Crippen LogP contribution in [0.2, 0.25) is 0 Å². The quantitative estimate of drug-likeness (QED) is 0.156. The predicted molar refractivity (Wildman–Crippen MR) is 87.8 cm³/mol. The van der Waals surface area contributed by atoms with E-state index < -0.39 is 86.8 Å². The Bertz CT molecular complexity index is 464. The molecule has 0 bridgehead atoms. The summed E-state index contributed by atoms with van der Waals surface area (Å²) in [7, 11) is 0. The van der Waals surface area contributed by atoms with E-state index in [2.05, 4.69) is 16.0 Å². The van der Waals surface area contributed by atoms with Gasteiger partial charge in [-0.1, -0.05) is 0 Å². The van der Waals surface area contributed by atoms with Crippen molar-refractivity contribution in [2.75, 3.05) is 26.3 Å². The molecule has 0 amide bonds. The lowest BCUT2D eigenvalue weighted by atomic mass is 9.79. The lowest BCUT2D eigenvalue weighted by Crippen LogP contribution is -2.75. The lowest BCUT2D eigenvalue weighted by Gasteiger charge is -2.47. The van der Waals surface area contributed by atoms with Gasteiger partial charge in [-0.2, -0.15) is 0 Å². The summed E-state index contributed by atoms with van der Waals surface area (Å²) in [6.07, 6.45) is -6.13. The standard InChI is InChI=1S/C14H27N3O10/c18-3-5(6(20)4-19)17-11-13(26)9(15-1-7(21)22)12(25)10(14(11)27)16-2-8(23)24/h5-6,9-20,25-27H,1-4H2,(H,21,22)(H,23,24). The highest BCUT2D eigenvalue weighted by Crippen LogP contribution is 2.22. The summed E-state index contributed by atoms with van der Waals surface area (Å²) in [4.78, 5) is 21.5. The average molecular weight is 397 g/mol. The van der Waals surface area contributed by atoms with Crippen molar-refractivity contribution in [2.45, 2.75) is 48.6 Å². The molecule has 1 aliphatic carbocycles. The number of aliphatic carboxylic acids is 2. The molecule has 0 aliphatic heterocycles. The number of rotatable bonds is 11. The molecule has 1 rings (SSSR count). The van der Waals surface area contributed by atoms with Crippen LogP contribution in [0.1, 0.15) is 0 Å². The molecular formula is C14H27N3O10. The molecule has 1 saturated carbocycles. The third-order valence-electron chi connectivity index (χ3n) is 4.44. The maximum atomic E-state index is 10.8. The van der Waals surface area contributed by atoms with Gasteiger partial charge in [0, 0.05) is 0 Å². The van der Waals surface area contributed by atoms with E-state index in [9.17, 15) is 35.1 Å². The Hall–Kier alpha value is -1.42. The van der Waals surface area contributed by atoms with Crippen molar-refractivity contribution in [3.05, 3.63) is 0 Å². The molecule has 0 heterocycles. The number of carboxylic acids is 2. The maximum Gasteiger partial charge on any atom is 0.317 e. The summed E-state index contributed by atoms with van der Waals surface area (Å²) in [5, 5.41) is 84.3. The summed E-state index contributed by atoms with van der Waals surface area (Å²) in [5.41, 5.74) is 0. The van der Waals surface area contributed by atoms with E-state index >= 15 is 0 Å². The monoisotopic (exact) mass is 397 g/mol. The molecule has 0 spiro atoms. The van der Waals surface area contributed by atoms with E-state index in [1.54, 1.807) is 0 Å². The first-order valence-electron chi connectivity index (χ1n) is 8.24. The number of aliphatic hydroxyl groups is 6. The van der Waals surface area contributed by atoms with Crippen LogP contribution in [0.4, 0.5) is 0 Å². The van der Waals surface area contributed by atoms with Gasteiger partial charge in [0.15, 0.2) is 0 Å². The van der Waals surface area contributed by atoms with Gasteiger partial charge >= 0.3 is 11.9 Å². The molecule has 11 N–H and O–H groups in total. The van der Waals surface area contributed by atoms with Gasteiger partial charge in [0.1, 0.15) is 0 Å². The molecule has 1 fully saturated rings. The Kier molecular flexibility index (Phi) is 9.44. The highest BCUT2D eigenvalue weighted by Gasteiger charge is 2.50. The van der Waals surface area contributed by atoms with Crippen LogP contribution in [0.25, 0.3) is 0 Å². The number of hydrogen-bond acceptors (Lipinski definition) is 11. The minimum Gasteiger partial charge on any atom is -0.480 e. The third-order valence-corrected chi connectivity index (χ3v) is 4.44. The molecule has 13 heteroatoms. The van der Waals surface area contributed by atoms with Gasteiger partial charge in [0.25, 0.3) is 0 Å². The van der Waals surface area contributed by atoms with Crippen molar-refractivity contribution in [1.82, 2.24) is 16.0 Å². The SMILES string of the molecule is O=C(O)CNC1C(O)C(NCC(=O)O)C(O)C(NC(CO)C(O)CO)C1O. The second-order valence-electron chi connectivity index (χ2n) is 6.30. The van der Waals surface area contributed by atoms with E-state index in [-0.39, 0.29) is 0 Å². The Labute approximate surface area is 154 Å². The first-order valence-corrected chi connectivity index (χ1v) is 8.24. The smallest absolute Gasteiger partial charge is 0.317 e. The number of carboxylic acid groups (broad SMARTS) is 2. The average Bonchev–Trinajstić information content (AvgIpc) is 2.60. The van der Waals surface area contributed by atoms with E-state index in [1.165, 1.54) is 0 Å². The van der Waals surface area contributed by atoms with Crippen LogP contribution in [0, 0.1) is 0 Å². The molecular weight excluding hydrogens is 370 g/mol. The molecule has 158 valence electrons. The van der Waals surface area contributed by atoms with Crippen LogP contribution in [0.5, 0.6) is 0 Å². The Morgan fingerprint density at radius 2 is 1.19 bits per heavy atom. The van der Waals surface area contributed by atoms with Crippen LogP contribution < -0.4 is 16.0 Å². The Morgan fingerprint density at radius 1 is 0.778 bits per heavy atom. The lowest BCUT2D eigenvalue weighted by molar-refractivity contribution is -0.138. The summed E-state index contributed by atoms with van der Waals surface area (Å²) < 4.78 is 0. The molecule has 27 heavy (non-hydrogen) atoms. The highest BCUT2D eigenvalue weighted by molar-refractivity contribution is 5.69. The third kappa shape index (κ3) is 6.31. The molecule has 0 aromatic rings. The van der Waals surface area contributed by atoms with Gasteiger partial charge in [0.2, 0.25) is 0 Å². The summed E-state index contributed by atoms with van der Waals surface area (Å²) in [6.45, 7) is -2.65. The van der Waals surface area contributed by atoms with Gasteiger partial charge in [-0.25, -0.2) is 0 Å². The van der Waals surface area contributed by atoms with Crippen LogP contribution in [-0.4, -0.2) is 128 Å². The molecule has 1 aliphatic rings. The Morgan fingerprint density at radius 3 is 1.52 bits per heavy atom. The van der Waals surface area contributed by atoms with Crippen molar-refractivity contribution in [2.24, 2.45) is 0 Å². The second-order valence-corrected chi connectivity index (χ2v) is 6.30. The fraction of sp³-hybridized carbons (Fsp3) is 0.857. The largest absolute Gasteiger partial charge is 0.480 e. The zero-order valence-corrected chi connectivity index (χ0v) is 14.3. The molecule has 6 unspecified atom stereocenters. The van der Waals surface area contributed by atoms with Gasteiger partial charge < -0.3 is 46.2 Å². The van der Waals surface area contributed by atoms with Crippen LogP contribution in [-0.2, 0) is 9.59 Å². The summed E-state index contributed by atoms with van der Waals surface area (Å²) >= 11 is 0. The van der Waals surface area contributed by atoms with Gasteiger partial charge in [-0.3, -0.25) is 20.2 Å². The van der Waals surface area contributed by atoms with Crippen molar-refractivity contribution in [1.29, 1.82) is 0 Å². The zero-order chi connectivity index (χ0) is 20.7. The number of carbonyl (C=O) groups is 2. The first kappa shape index (κ1) is 23.6. The van der Waals surface area contributed by atoms with Crippen molar-refractivity contribution < 1.29 is 50.4 Å². The van der Waals surface area contributed by atoms with E-state index in [1.807, 2.05) is 0 Å². The van der Waals surface area contributed by atoms with E-state index in [0.29, 0.717) is 0 Å². The fourth-order valence-electron chi connectivity index (χ4n) is 3.03. The van der Waals surface area contributed by atoms with E-state index in [4.69, 9.17) is 15.3 Å². The van der Waals surface area contributed by atoms with Gasteiger partial charge in [-0.15, -0.1) is 0 Å². The molecule has 13 nitrogen and oxygen atoms in total. The first-order chi connectivity index (χ1) is 12.6. The topological polar surface area (TPSA) is 232 Å². The van der Waals surface area contributed by atoms with Crippen LogP contribution >= 0.6 is 0 Å². The fourth-order valence-corrected chi connectivity index (χ4v) is 3.03. The Balaban J connectivity index is 3.05. The van der Waals surface area contributed by atoms with Crippen LogP contribution in [0.3, 0.4) is 0 Å². The predicted octanol–water partition coefficient (Wildman–Crippen LogP) is -6.16. The molecule has 0 radical (unpaired) electrons. The number of nitrogens with one attached hydrogen (secondary N) is 3. The molecule has 0 aromatic carbocycles. The van der Waals surface area contributed by atoms with Gasteiger partial charge in [-0.05, 0) is 0 Å². The van der Waals surface area contributed by atoms with Crippen molar-refractivity contribution in [3.8, 4) is 0 Å². The second kappa shape index (κ2) is 10.8. The minimum atomic E-state index is -1.57. The molecule has 0 aromatic heterocycles. The molecule has 6 atom stereocenters. The van der Waals surface area contributed by atoms with E-state index in [0.717, 1.165) is 0 Å². The summed E-state index contributed by atoms with van der Waals surface area (Å²) in [6, 6.07) is -5.01. The maximum absolute atomic E-state index is 10.8. The molecule has 0 saturated heterocycles. The number of hydrogen-bond donors (Lipinski definition) is 11. The number of aliphatic hydroxyl groups excluding tert-OH is 6. The van der Waals surface area contributed by atoms with Crippen LogP contribution in [0.15, 0.2) is 0 Å². The van der Waals surface area contributed by atoms with Crippen molar-refractivity contribution in [3.63, 3.8) is 0 Å².